The molecule has 3 rings (SSSR count). The first-order chi connectivity index (χ1) is 12.5. The van der Waals surface area contributed by atoms with Crippen molar-refractivity contribution in [2.75, 3.05) is 5.32 Å². The third kappa shape index (κ3) is 5.10. The monoisotopic (exact) mass is 408 g/mol. The maximum atomic E-state index is 12.1. The molecule has 0 aliphatic carbocycles. The van der Waals surface area contributed by atoms with Crippen LogP contribution in [0.15, 0.2) is 40.9 Å². The van der Waals surface area contributed by atoms with Crippen LogP contribution in [0.4, 0.5) is 5.13 Å². The van der Waals surface area contributed by atoms with Gasteiger partial charge in [0.25, 0.3) is 0 Å². The largest absolute Gasteiger partial charge is 0.466 e. The highest BCUT2D eigenvalue weighted by Crippen LogP contribution is 2.26. The Morgan fingerprint density at radius 3 is 2.73 bits per heavy atom. The van der Waals surface area contributed by atoms with E-state index in [4.69, 9.17) is 27.6 Å². The zero-order chi connectivity index (χ0) is 18.5. The van der Waals surface area contributed by atoms with Crippen LogP contribution in [0.3, 0.4) is 0 Å². The molecule has 0 aliphatic rings. The minimum atomic E-state index is -0.0742. The Labute approximate surface area is 166 Å². The number of benzene rings is 1. The number of hydrogen-bond donors (Lipinski definition) is 1. The van der Waals surface area contributed by atoms with E-state index in [0.29, 0.717) is 34.4 Å². The Kier molecular flexibility index (Phi) is 6.35. The molecule has 0 radical (unpaired) electrons. The van der Waals surface area contributed by atoms with Crippen LogP contribution in [-0.4, -0.2) is 10.9 Å². The molecule has 0 spiro atoms. The second-order valence-corrected chi connectivity index (χ2v) is 7.76. The second-order valence-electron chi connectivity index (χ2n) is 5.83. The molecule has 2 aromatic heterocycles. The summed E-state index contributed by atoms with van der Waals surface area (Å²) in [6.45, 7) is 2.04. The van der Waals surface area contributed by atoms with E-state index >= 15 is 0 Å². The quantitative estimate of drug-likeness (QED) is 0.539. The Morgan fingerprint density at radius 1 is 1.19 bits per heavy atom. The van der Waals surface area contributed by atoms with Gasteiger partial charge in [-0.25, -0.2) is 4.98 Å². The molecule has 0 unspecified atom stereocenters. The molecular formula is C19H18Cl2N2O2S. The summed E-state index contributed by atoms with van der Waals surface area (Å²) in [5.74, 6) is 1.69. The summed E-state index contributed by atoms with van der Waals surface area (Å²) in [7, 11) is 0. The minimum absolute atomic E-state index is 0.0742. The van der Waals surface area contributed by atoms with Gasteiger partial charge in [-0.2, -0.15) is 0 Å². The topological polar surface area (TPSA) is 55.1 Å². The van der Waals surface area contributed by atoms with Gasteiger partial charge in [0.05, 0.1) is 10.0 Å². The van der Waals surface area contributed by atoms with E-state index in [2.05, 4.69) is 10.3 Å². The van der Waals surface area contributed by atoms with Gasteiger partial charge in [-0.3, -0.25) is 4.79 Å². The molecule has 1 aromatic carbocycles. The molecule has 136 valence electrons. The van der Waals surface area contributed by atoms with Gasteiger partial charge in [0.15, 0.2) is 5.13 Å². The average molecular weight is 409 g/mol. The number of carbonyl (C=O) groups is 1. The number of halogens is 2. The number of thiazole rings is 1. The maximum Gasteiger partial charge on any atom is 0.226 e. The predicted octanol–water partition coefficient (Wildman–Crippen LogP) is 5.77. The number of furan rings is 1. The number of carbonyl (C=O) groups excluding carboxylic acids is 1. The van der Waals surface area contributed by atoms with Crippen LogP contribution in [-0.2, 0) is 24.1 Å². The van der Waals surface area contributed by atoms with Crippen molar-refractivity contribution < 1.29 is 9.21 Å². The van der Waals surface area contributed by atoms with Gasteiger partial charge in [-0.15, -0.1) is 11.3 Å². The van der Waals surface area contributed by atoms with Crippen molar-refractivity contribution in [3.8, 4) is 0 Å². The molecule has 3 aromatic rings. The van der Waals surface area contributed by atoms with Gasteiger partial charge in [-0.05, 0) is 29.8 Å². The standard InChI is InChI=1S/C19H18Cl2N2O2S/c1-2-13-4-5-14(25-13)6-8-18(24)23-19-22-11-15(26-19)9-12-3-7-16(20)17(21)10-12/h3-5,7,10-11H,2,6,8-9H2,1H3,(H,22,23,24). The van der Waals surface area contributed by atoms with Gasteiger partial charge in [-0.1, -0.05) is 36.2 Å². The van der Waals surface area contributed by atoms with Gasteiger partial charge >= 0.3 is 0 Å². The summed E-state index contributed by atoms with van der Waals surface area (Å²) in [4.78, 5) is 17.4. The van der Waals surface area contributed by atoms with E-state index < -0.39 is 0 Å². The molecule has 0 fully saturated rings. The van der Waals surface area contributed by atoms with Gasteiger partial charge in [0.1, 0.15) is 11.5 Å². The highest BCUT2D eigenvalue weighted by molar-refractivity contribution is 7.15. The van der Waals surface area contributed by atoms with E-state index in [1.54, 1.807) is 12.3 Å². The van der Waals surface area contributed by atoms with Crippen LogP contribution >= 0.6 is 34.5 Å². The average Bonchev–Trinajstić information content (AvgIpc) is 3.25. The first-order valence-electron chi connectivity index (χ1n) is 8.29. The number of amides is 1. The van der Waals surface area contributed by atoms with Crippen molar-refractivity contribution in [1.29, 1.82) is 0 Å². The van der Waals surface area contributed by atoms with Gasteiger partial charge in [0.2, 0.25) is 5.91 Å². The molecule has 0 aliphatic heterocycles. The zero-order valence-electron chi connectivity index (χ0n) is 14.2. The summed E-state index contributed by atoms with van der Waals surface area (Å²) in [5, 5.41) is 4.51. The summed E-state index contributed by atoms with van der Waals surface area (Å²) in [6.07, 6.45) is 4.25. The van der Waals surface area contributed by atoms with E-state index in [1.807, 2.05) is 31.2 Å². The molecule has 4 nitrogen and oxygen atoms in total. The van der Waals surface area contributed by atoms with Crippen molar-refractivity contribution >= 4 is 45.6 Å². The van der Waals surface area contributed by atoms with E-state index in [1.165, 1.54) is 11.3 Å². The van der Waals surface area contributed by atoms with E-state index in [9.17, 15) is 4.79 Å². The van der Waals surface area contributed by atoms with Crippen LogP contribution < -0.4 is 5.32 Å². The minimum Gasteiger partial charge on any atom is -0.466 e. The summed E-state index contributed by atoms with van der Waals surface area (Å²) in [5.41, 5.74) is 1.05. The lowest BCUT2D eigenvalue weighted by Gasteiger charge is -2.01. The number of rotatable bonds is 7. The fourth-order valence-electron chi connectivity index (χ4n) is 2.46. The van der Waals surface area contributed by atoms with Crippen molar-refractivity contribution in [2.45, 2.75) is 32.6 Å². The molecule has 2 heterocycles. The predicted molar refractivity (Wildman–Crippen MR) is 106 cm³/mol. The third-order valence-corrected chi connectivity index (χ3v) is 5.48. The summed E-state index contributed by atoms with van der Waals surface area (Å²) < 4.78 is 5.61. The fourth-order valence-corrected chi connectivity index (χ4v) is 3.65. The molecule has 0 atom stereocenters. The molecule has 0 saturated carbocycles. The van der Waals surface area contributed by atoms with Crippen molar-refractivity contribution in [2.24, 2.45) is 0 Å². The molecule has 7 heteroatoms. The Hall–Kier alpha value is -1.82. The number of aromatic nitrogens is 1. The zero-order valence-corrected chi connectivity index (χ0v) is 16.5. The SMILES string of the molecule is CCc1ccc(CCC(=O)Nc2ncc(Cc3ccc(Cl)c(Cl)c3)s2)o1. The highest BCUT2D eigenvalue weighted by atomic mass is 35.5. The molecule has 0 saturated heterocycles. The van der Waals surface area contributed by atoms with E-state index in [-0.39, 0.29) is 5.91 Å². The number of nitrogens with one attached hydrogen (secondary N) is 1. The lowest BCUT2D eigenvalue weighted by molar-refractivity contribution is -0.116. The van der Waals surface area contributed by atoms with Crippen LogP contribution in [0.25, 0.3) is 0 Å². The molecule has 0 bridgehead atoms. The van der Waals surface area contributed by atoms with Crippen molar-refractivity contribution in [1.82, 2.24) is 4.98 Å². The second kappa shape index (κ2) is 8.71. The normalized spacial score (nSPS) is 10.9. The van der Waals surface area contributed by atoms with Gasteiger partial charge < -0.3 is 9.73 Å². The number of anilines is 1. The van der Waals surface area contributed by atoms with Crippen LogP contribution in [0.5, 0.6) is 0 Å². The lowest BCUT2D eigenvalue weighted by atomic mass is 10.1. The number of nitrogens with zero attached hydrogens (tertiary/aromatic N) is 1. The summed E-state index contributed by atoms with van der Waals surface area (Å²) in [6, 6.07) is 9.42. The van der Waals surface area contributed by atoms with Crippen LogP contribution in [0, 0.1) is 0 Å². The Balaban J connectivity index is 1.52. The van der Waals surface area contributed by atoms with Crippen LogP contribution in [0.2, 0.25) is 10.0 Å². The molecule has 26 heavy (non-hydrogen) atoms. The lowest BCUT2D eigenvalue weighted by Crippen LogP contribution is -2.11. The smallest absolute Gasteiger partial charge is 0.226 e. The fraction of sp³-hybridized carbons (Fsp3) is 0.263. The number of hydrogen-bond acceptors (Lipinski definition) is 4. The third-order valence-electron chi connectivity index (χ3n) is 3.83. The summed E-state index contributed by atoms with van der Waals surface area (Å²) >= 11 is 13.4. The Morgan fingerprint density at radius 2 is 2.00 bits per heavy atom. The van der Waals surface area contributed by atoms with Gasteiger partial charge in [0, 0.05) is 36.8 Å². The molecule has 1 amide bonds. The first-order valence-corrected chi connectivity index (χ1v) is 9.87. The maximum absolute atomic E-state index is 12.1. The first kappa shape index (κ1) is 19.0. The van der Waals surface area contributed by atoms with E-state index in [0.717, 1.165) is 28.4 Å². The molecule has 1 N–H and O–H groups in total. The Bertz CT molecular complexity index is 905. The van der Waals surface area contributed by atoms with Crippen molar-refractivity contribution in [3.63, 3.8) is 0 Å². The number of aryl methyl sites for hydroxylation is 2. The molecular weight excluding hydrogens is 391 g/mol. The van der Waals surface area contributed by atoms with Crippen LogP contribution in [0.1, 0.15) is 35.3 Å². The highest BCUT2D eigenvalue weighted by Gasteiger charge is 2.10. The van der Waals surface area contributed by atoms with Crippen molar-refractivity contribution in [3.05, 3.63) is 68.5 Å².